The second kappa shape index (κ2) is 10.6. The van der Waals surface area contributed by atoms with Gasteiger partial charge < -0.3 is 0 Å². The second-order valence-electron chi connectivity index (χ2n) is 6.55. The Balaban J connectivity index is 2.05. The molecule has 0 fully saturated rings. The van der Waals surface area contributed by atoms with Crippen molar-refractivity contribution in [2.24, 2.45) is 0 Å². The Morgan fingerprint density at radius 2 is 1.70 bits per heavy atom. The van der Waals surface area contributed by atoms with Crippen LogP contribution in [0.3, 0.4) is 0 Å². The predicted octanol–water partition coefficient (Wildman–Crippen LogP) is 3.89. The van der Waals surface area contributed by atoms with Crippen LogP contribution in [0, 0.1) is 6.92 Å². The molecule has 0 spiro atoms. The van der Waals surface area contributed by atoms with Crippen LogP contribution in [0.25, 0.3) is 0 Å². The van der Waals surface area contributed by atoms with Gasteiger partial charge in [0.1, 0.15) is 0 Å². The summed E-state index contributed by atoms with van der Waals surface area (Å²) in [6, 6.07) is 17.4. The summed E-state index contributed by atoms with van der Waals surface area (Å²) in [6.07, 6.45) is 4.76. The van der Waals surface area contributed by atoms with Gasteiger partial charge in [-0.1, -0.05) is 0 Å². The molecule has 27 heavy (non-hydrogen) atoms. The molecule has 0 atom stereocenters. The Morgan fingerprint density at radius 3 is 2.33 bits per heavy atom. The van der Waals surface area contributed by atoms with E-state index in [0.717, 1.165) is 11.1 Å². The van der Waals surface area contributed by atoms with Crippen molar-refractivity contribution in [3.05, 3.63) is 82.9 Å². The van der Waals surface area contributed by atoms with Gasteiger partial charge in [-0.3, -0.25) is 0 Å². The summed E-state index contributed by atoms with van der Waals surface area (Å²) in [5.74, 6) is 0. The van der Waals surface area contributed by atoms with Crippen molar-refractivity contribution in [2.45, 2.75) is 32.1 Å². The normalized spacial score (nSPS) is 11.9. The van der Waals surface area contributed by atoms with Crippen LogP contribution in [0.5, 0.6) is 0 Å². The van der Waals surface area contributed by atoms with E-state index < -0.39 is 10.0 Å². The molecule has 0 amide bonds. The van der Waals surface area contributed by atoms with Gasteiger partial charge in [0, 0.05) is 0 Å². The van der Waals surface area contributed by atoms with Gasteiger partial charge in [-0.25, -0.2) is 0 Å². The van der Waals surface area contributed by atoms with Crippen molar-refractivity contribution in [2.75, 3.05) is 13.1 Å². The molecule has 0 N–H and O–H groups in total. The summed E-state index contributed by atoms with van der Waals surface area (Å²) in [5, 5.41) is 0. The third-order valence-corrected chi connectivity index (χ3v) is 7.66. The fraction of sp³-hybridized carbons (Fsp3) is 0.273. The summed E-state index contributed by atoms with van der Waals surface area (Å²) in [5.41, 5.74) is 2.16. The number of hydrogen-bond donors (Lipinski definition) is 0. The summed E-state index contributed by atoms with van der Waals surface area (Å²) < 4.78 is 28.9. The van der Waals surface area contributed by atoms with Crippen molar-refractivity contribution in [3.8, 4) is 0 Å². The van der Waals surface area contributed by atoms with E-state index in [-0.39, 0.29) is 15.0 Å². The van der Waals surface area contributed by atoms with Crippen molar-refractivity contribution in [1.82, 2.24) is 4.31 Å². The number of nitrogens with zero attached hydrogens (tertiary/aromatic N) is 1. The van der Waals surface area contributed by atoms with Crippen LogP contribution in [0.4, 0.5) is 0 Å². The standard InChI is InChI=1S/C22H27NO2SSe/c1-19(2)15-17-23(26(24,25)21-13-11-20(3)12-14-21)16-7-8-18-27-22-9-5-4-6-10-22/h4-6,8-15,18H,7,16-17H2,1-3H3/b18-8+. The Bertz CT molecular complexity index is 868. The van der Waals surface area contributed by atoms with Gasteiger partial charge >= 0.3 is 170 Å². The van der Waals surface area contributed by atoms with E-state index in [4.69, 9.17) is 0 Å². The SMILES string of the molecule is CC(C)=CCN(CC/C=C/[Se]c1ccccc1)S(=O)(=O)c1ccc(C)cc1. The summed E-state index contributed by atoms with van der Waals surface area (Å²) in [4.78, 5) is 2.52. The Hall–Kier alpha value is -1.65. The third-order valence-electron chi connectivity index (χ3n) is 3.95. The van der Waals surface area contributed by atoms with E-state index in [1.807, 2.05) is 57.2 Å². The van der Waals surface area contributed by atoms with Gasteiger partial charge in [0.25, 0.3) is 0 Å². The van der Waals surface area contributed by atoms with Crippen LogP contribution in [-0.4, -0.2) is 40.8 Å². The number of benzene rings is 2. The van der Waals surface area contributed by atoms with E-state index in [9.17, 15) is 8.42 Å². The molecule has 0 unspecified atom stereocenters. The molecule has 0 aliphatic rings. The summed E-state index contributed by atoms with van der Waals surface area (Å²) in [7, 11) is -3.49. The summed E-state index contributed by atoms with van der Waals surface area (Å²) >= 11 is 0.280. The van der Waals surface area contributed by atoms with E-state index in [1.165, 1.54) is 4.46 Å². The topological polar surface area (TPSA) is 37.4 Å². The zero-order valence-electron chi connectivity index (χ0n) is 16.1. The zero-order valence-corrected chi connectivity index (χ0v) is 18.7. The van der Waals surface area contributed by atoms with Gasteiger partial charge in [0.15, 0.2) is 0 Å². The fourth-order valence-electron chi connectivity index (χ4n) is 2.37. The molecule has 0 saturated heterocycles. The quantitative estimate of drug-likeness (QED) is 0.431. The Kier molecular flexibility index (Phi) is 8.52. The first-order valence-corrected chi connectivity index (χ1v) is 12.2. The molecule has 0 aliphatic carbocycles. The van der Waals surface area contributed by atoms with Crippen LogP contribution in [0.2, 0.25) is 0 Å². The molecule has 3 nitrogen and oxygen atoms in total. The summed E-state index contributed by atoms with van der Waals surface area (Å²) in [6.45, 7) is 6.80. The average molecular weight is 448 g/mol. The average Bonchev–Trinajstić information content (AvgIpc) is 2.64. The van der Waals surface area contributed by atoms with Crippen LogP contribution >= 0.6 is 0 Å². The maximum absolute atomic E-state index is 13.0. The molecular formula is C22H27NO2SSe. The molecule has 0 aromatic heterocycles. The molecule has 0 radical (unpaired) electrons. The van der Waals surface area contributed by atoms with Gasteiger partial charge in [0.2, 0.25) is 0 Å². The number of allylic oxidation sites excluding steroid dienone is 1. The zero-order chi connectivity index (χ0) is 19.7. The molecule has 0 aliphatic heterocycles. The van der Waals surface area contributed by atoms with Crippen molar-refractivity contribution < 1.29 is 8.42 Å². The second-order valence-corrected chi connectivity index (χ2v) is 10.5. The van der Waals surface area contributed by atoms with Crippen molar-refractivity contribution >= 4 is 29.4 Å². The van der Waals surface area contributed by atoms with Crippen LogP contribution in [0.15, 0.2) is 82.2 Å². The Morgan fingerprint density at radius 1 is 1.04 bits per heavy atom. The monoisotopic (exact) mass is 449 g/mol. The van der Waals surface area contributed by atoms with Crippen LogP contribution in [-0.2, 0) is 10.0 Å². The molecule has 5 heteroatoms. The Labute approximate surface area is 170 Å². The molecule has 2 rings (SSSR count). The number of sulfonamides is 1. The molecule has 0 saturated carbocycles. The molecule has 2 aromatic rings. The van der Waals surface area contributed by atoms with Crippen molar-refractivity contribution in [1.29, 1.82) is 0 Å². The maximum atomic E-state index is 13.0. The third kappa shape index (κ3) is 7.11. The van der Waals surface area contributed by atoms with Gasteiger partial charge in [-0.15, -0.1) is 0 Å². The first-order valence-electron chi connectivity index (χ1n) is 8.96. The first kappa shape index (κ1) is 21.6. The predicted molar refractivity (Wildman–Crippen MR) is 115 cm³/mol. The fourth-order valence-corrected chi connectivity index (χ4v) is 5.24. The van der Waals surface area contributed by atoms with E-state index in [1.54, 1.807) is 16.4 Å². The van der Waals surface area contributed by atoms with Crippen molar-refractivity contribution in [3.63, 3.8) is 0 Å². The van der Waals surface area contributed by atoms with Gasteiger partial charge in [-0.2, -0.15) is 0 Å². The molecule has 2 aromatic carbocycles. The minimum atomic E-state index is -3.49. The van der Waals surface area contributed by atoms with E-state index in [2.05, 4.69) is 23.2 Å². The number of rotatable bonds is 9. The number of aryl methyl sites for hydroxylation is 1. The molecule has 144 valence electrons. The molecule has 0 heterocycles. The minimum absolute atomic E-state index is 0.280. The van der Waals surface area contributed by atoms with E-state index >= 15 is 0 Å². The number of hydrogen-bond acceptors (Lipinski definition) is 2. The van der Waals surface area contributed by atoms with Crippen LogP contribution < -0.4 is 4.46 Å². The van der Waals surface area contributed by atoms with Gasteiger partial charge in [0.05, 0.1) is 0 Å². The van der Waals surface area contributed by atoms with E-state index in [0.29, 0.717) is 24.4 Å². The molecule has 0 bridgehead atoms. The first-order chi connectivity index (χ1) is 12.9. The van der Waals surface area contributed by atoms with Gasteiger partial charge in [-0.05, 0) is 0 Å². The van der Waals surface area contributed by atoms with Crippen LogP contribution in [0.1, 0.15) is 25.8 Å². The molecular weight excluding hydrogens is 421 g/mol.